The molecule has 166 valence electrons. The first-order valence-electron chi connectivity index (χ1n) is 9.44. The third-order valence-corrected chi connectivity index (χ3v) is 6.53. The molecule has 3 aromatic carbocycles. The van der Waals surface area contributed by atoms with Gasteiger partial charge in [-0.3, -0.25) is 14.9 Å². The zero-order chi connectivity index (χ0) is 23.4. The van der Waals surface area contributed by atoms with Crippen LogP contribution < -0.4 is 9.50 Å². The van der Waals surface area contributed by atoms with Gasteiger partial charge in [0.1, 0.15) is 10.6 Å². The van der Waals surface area contributed by atoms with Crippen LogP contribution >= 0.6 is 11.8 Å². The predicted octanol–water partition coefficient (Wildman–Crippen LogP) is 4.25. The van der Waals surface area contributed by atoms with Gasteiger partial charge < -0.3 is 9.50 Å². The highest BCUT2D eigenvalue weighted by Crippen LogP contribution is 2.29. The monoisotopic (exact) mass is 481 g/mol. The SMILES string of the molecule is O=C1NC(=Nc2ccccc2)S/C1=C\c1ccc(OS(=O)(=O)c2ccc([N+](=O)[O-])cc2)cc1. The van der Waals surface area contributed by atoms with E-state index in [0.717, 1.165) is 30.0 Å². The Hall–Kier alpha value is -3.96. The van der Waals surface area contributed by atoms with Gasteiger partial charge in [-0.1, -0.05) is 30.3 Å². The standard InChI is InChI=1S/C22H15N3O6S2/c26-21-20(32-22(24-21)23-16-4-2-1-3-5-16)14-15-6-10-18(11-7-15)31-33(29,30)19-12-8-17(9-13-19)25(27)28/h1-14H,(H,23,24,26)/b20-14-. The molecule has 33 heavy (non-hydrogen) atoms. The summed E-state index contributed by atoms with van der Waals surface area (Å²) in [6.45, 7) is 0. The molecule has 1 aliphatic rings. The quantitative estimate of drug-likeness (QED) is 0.241. The van der Waals surface area contributed by atoms with E-state index in [1.165, 1.54) is 23.9 Å². The molecule has 11 heteroatoms. The van der Waals surface area contributed by atoms with Gasteiger partial charge in [0.2, 0.25) is 0 Å². The number of hydrogen-bond donors (Lipinski definition) is 1. The second kappa shape index (κ2) is 9.27. The summed E-state index contributed by atoms with van der Waals surface area (Å²) < 4.78 is 29.9. The van der Waals surface area contributed by atoms with Crippen molar-refractivity contribution in [3.8, 4) is 5.75 Å². The lowest BCUT2D eigenvalue weighted by Gasteiger charge is -2.07. The zero-order valence-electron chi connectivity index (χ0n) is 16.7. The van der Waals surface area contributed by atoms with Crippen LogP contribution in [0.15, 0.2) is 93.7 Å². The summed E-state index contributed by atoms with van der Waals surface area (Å²) in [4.78, 5) is 26.9. The Morgan fingerprint density at radius 2 is 1.64 bits per heavy atom. The average molecular weight is 482 g/mol. The molecule has 0 unspecified atom stereocenters. The van der Waals surface area contributed by atoms with Crippen LogP contribution in [0.4, 0.5) is 11.4 Å². The van der Waals surface area contributed by atoms with Crippen LogP contribution in [0, 0.1) is 10.1 Å². The normalized spacial score (nSPS) is 16.1. The first-order chi connectivity index (χ1) is 15.8. The van der Waals surface area contributed by atoms with Crippen LogP contribution in [0.5, 0.6) is 5.75 Å². The molecule has 1 N–H and O–H groups in total. The van der Waals surface area contributed by atoms with E-state index in [-0.39, 0.29) is 22.2 Å². The van der Waals surface area contributed by atoms with E-state index in [1.54, 1.807) is 18.2 Å². The van der Waals surface area contributed by atoms with Crippen LogP contribution in [0.3, 0.4) is 0 Å². The van der Waals surface area contributed by atoms with Crippen LogP contribution in [-0.2, 0) is 14.9 Å². The maximum absolute atomic E-state index is 12.4. The minimum absolute atomic E-state index is 0.0605. The van der Waals surface area contributed by atoms with Crippen molar-refractivity contribution in [2.75, 3.05) is 0 Å². The van der Waals surface area contributed by atoms with Gasteiger partial charge in [0.25, 0.3) is 11.6 Å². The largest absolute Gasteiger partial charge is 0.379 e. The smallest absolute Gasteiger partial charge is 0.339 e. The summed E-state index contributed by atoms with van der Waals surface area (Å²) in [5.74, 6) is -0.221. The summed E-state index contributed by atoms with van der Waals surface area (Å²) in [5, 5.41) is 13.9. The molecular weight excluding hydrogens is 466 g/mol. The molecule has 1 heterocycles. The van der Waals surface area contributed by atoms with Crippen molar-refractivity contribution in [2.24, 2.45) is 4.99 Å². The van der Waals surface area contributed by atoms with E-state index in [9.17, 15) is 23.3 Å². The molecule has 3 aromatic rings. The molecular formula is C22H15N3O6S2. The number of carbonyl (C=O) groups excluding carboxylic acids is 1. The Morgan fingerprint density at radius 1 is 0.970 bits per heavy atom. The fraction of sp³-hybridized carbons (Fsp3) is 0. The van der Waals surface area contributed by atoms with Crippen molar-refractivity contribution in [1.82, 2.24) is 5.32 Å². The summed E-state index contributed by atoms with van der Waals surface area (Å²) in [6.07, 6.45) is 1.65. The van der Waals surface area contributed by atoms with Gasteiger partial charge in [-0.25, -0.2) is 4.99 Å². The van der Waals surface area contributed by atoms with Crippen LogP contribution in [0.2, 0.25) is 0 Å². The Bertz CT molecular complexity index is 1370. The number of rotatable bonds is 6. The minimum atomic E-state index is -4.16. The summed E-state index contributed by atoms with van der Waals surface area (Å²) in [7, 11) is -4.16. The number of carbonyl (C=O) groups is 1. The van der Waals surface area contributed by atoms with E-state index in [1.807, 2.05) is 30.3 Å². The van der Waals surface area contributed by atoms with E-state index in [0.29, 0.717) is 15.6 Å². The van der Waals surface area contributed by atoms with E-state index in [2.05, 4.69) is 10.3 Å². The fourth-order valence-corrected chi connectivity index (χ4v) is 4.55. The Balaban J connectivity index is 1.46. The van der Waals surface area contributed by atoms with Crippen molar-refractivity contribution in [3.63, 3.8) is 0 Å². The van der Waals surface area contributed by atoms with Crippen molar-refractivity contribution in [2.45, 2.75) is 4.90 Å². The number of amides is 1. The van der Waals surface area contributed by atoms with Gasteiger partial charge in [-0.2, -0.15) is 8.42 Å². The maximum Gasteiger partial charge on any atom is 0.339 e. The zero-order valence-corrected chi connectivity index (χ0v) is 18.4. The summed E-state index contributed by atoms with van der Waals surface area (Å²) in [5.41, 5.74) is 1.16. The lowest BCUT2D eigenvalue weighted by Crippen LogP contribution is -2.19. The Morgan fingerprint density at radius 3 is 2.27 bits per heavy atom. The van der Waals surface area contributed by atoms with Crippen LogP contribution in [-0.4, -0.2) is 24.4 Å². The number of nitro groups is 1. The van der Waals surface area contributed by atoms with Gasteiger partial charge >= 0.3 is 10.1 Å². The molecule has 0 bridgehead atoms. The molecule has 0 radical (unpaired) electrons. The van der Waals surface area contributed by atoms with E-state index < -0.39 is 15.0 Å². The molecule has 0 aromatic heterocycles. The van der Waals surface area contributed by atoms with Gasteiger partial charge in [0.05, 0.1) is 15.5 Å². The molecule has 0 atom stereocenters. The number of nitro benzene ring substituents is 1. The molecule has 0 aliphatic carbocycles. The second-order valence-corrected chi connectivity index (χ2v) is 9.25. The molecule has 4 rings (SSSR count). The fourth-order valence-electron chi connectivity index (χ4n) is 2.78. The number of non-ortho nitro benzene ring substituents is 1. The average Bonchev–Trinajstić information content (AvgIpc) is 3.14. The topological polar surface area (TPSA) is 128 Å². The number of amidine groups is 1. The third kappa shape index (κ3) is 5.45. The molecule has 1 aliphatic heterocycles. The lowest BCUT2D eigenvalue weighted by atomic mass is 10.2. The number of thioether (sulfide) groups is 1. The van der Waals surface area contributed by atoms with E-state index in [4.69, 9.17) is 4.18 Å². The summed E-state index contributed by atoms with van der Waals surface area (Å²) >= 11 is 1.20. The van der Waals surface area contributed by atoms with Crippen molar-refractivity contribution >= 4 is 50.4 Å². The number of hydrogen-bond acceptors (Lipinski definition) is 8. The number of nitrogens with zero attached hydrogens (tertiary/aromatic N) is 2. The molecule has 1 amide bonds. The van der Waals surface area contributed by atoms with Gasteiger partial charge in [0, 0.05) is 12.1 Å². The first-order valence-corrected chi connectivity index (χ1v) is 11.7. The summed E-state index contributed by atoms with van der Waals surface area (Å²) in [6, 6.07) is 19.7. The maximum atomic E-state index is 12.4. The highest BCUT2D eigenvalue weighted by molar-refractivity contribution is 8.18. The molecule has 9 nitrogen and oxygen atoms in total. The van der Waals surface area contributed by atoms with Gasteiger partial charge in [-0.15, -0.1) is 0 Å². The van der Waals surface area contributed by atoms with Crippen LogP contribution in [0.1, 0.15) is 5.56 Å². The van der Waals surface area contributed by atoms with Crippen LogP contribution in [0.25, 0.3) is 6.08 Å². The van der Waals surface area contributed by atoms with Crippen molar-refractivity contribution < 1.29 is 22.3 Å². The van der Waals surface area contributed by atoms with Gasteiger partial charge in [-0.05, 0) is 59.8 Å². The first kappa shape index (κ1) is 22.2. The van der Waals surface area contributed by atoms with Crippen molar-refractivity contribution in [1.29, 1.82) is 0 Å². The highest BCUT2D eigenvalue weighted by Gasteiger charge is 2.24. The molecule has 0 spiro atoms. The third-order valence-electron chi connectivity index (χ3n) is 4.36. The number of nitrogens with one attached hydrogen (secondary N) is 1. The molecule has 1 fully saturated rings. The highest BCUT2D eigenvalue weighted by atomic mass is 32.2. The molecule has 1 saturated heterocycles. The lowest BCUT2D eigenvalue weighted by molar-refractivity contribution is -0.384. The van der Waals surface area contributed by atoms with Gasteiger partial charge in [0.15, 0.2) is 5.17 Å². The Kier molecular flexibility index (Phi) is 6.24. The second-order valence-electron chi connectivity index (χ2n) is 6.67. The Labute approximate surface area is 193 Å². The number of aliphatic imine (C=N–C) groups is 1. The number of benzene rings is 3. The minimum Gasteiger partial charge on any atom is -0.379 e. The van der Waals surface area contributed by atoms with Crippen molar-refractivity contribution in [3.05, 3.63) is 99.4 Å². The predicted molar refractivity (Wildman–Crippen MR) is 125 cm³/mol. The number of para-hydroxylation sites is 1. The molecule has 0 saturated carbocycles. The van der Waals surface area contributed by atoms with E-state index >= 15 is 0 Å².